The molecule has 0 saturated heterocycles. The number of hydrazone groups is 1. The van der Waals surface area contributed by atoms with Crippen molar-refractivity contribution in [2.24, 2.45) is 5.10 Å². The molecule has 0 bridgehead atoms. The first-order chi connectivity index (χ1) is 14.1. The van der Waals surface area contributed by atoms with E-state index < -0.39 is 0 Å². The fourth-order valence-electron chi connectivity index (χ4n) is 4.22. The molecule has 0 aliphatic carbocycles. The Kier molecular flexibility index (Phi) is 4.39. The molecule has 5 rings (SSSR count). The van der Waals surface area contributed by atoms with Gasteiger partial charge in [0.15, 0.2) is 0 Å². The molecule has 2 aliphatic rings. The van der Waals surface area contributed by atoms with Crippen molar-refractivity contribution in [3.8, 4) is 5.75 Å². The molecule has 29 heavy (non-hydrogen) atoms. The van der Waals surface area contributed by atoms with Crippen LogP contribution in [0.15, 0.2) is 77.9 Å². The maximum absolute atomic E-state index is 6.45. The Morgan fingerprint density at radius 3 is 2.38 bits per heavy atom. The Bertz CT molecular complexity index is 1050. The maximum atomic E-state index is 6.45. The van der Waals surface area contributed by atoms with Crippen molar-refractivity contribution in [3.05, 3.63) is 101 Å². The van der Waals surface area contributed by atoms with E-state index in [9.17, 15) is 0 Å². The second kappa shape index (κ2) is 7.07. The zero-order valence-corrected chi connectivity index (χ0v) is 17.2. The number of hydrogen-bond acceptors (Lipinski definition) is 3. The van der Waals surface area contributed by atoms with Gasteiger partial charge in [-0.2, -0.15) is 5.10 Å². The Morgan fingerprint density at radius 1 is 0.931 bits per heavy atom. The van der Waals surface area contributed by atoms with Crippen molar-refractivity contribution >= 4 is 5.71 Å². The van der Waals surface area contributed by atoms with Gasteiger partial charge in [0.1, 0.15) is 5.75 Å². The average Bonchev–Trinajstić information content (AvgIpc) is 3.19. The van der Waals surface area contributed by atoms with Crippen molar-refractivity contribution in [1.29, 1.82) is 0 Å². The summed E-state index contributed by atoms with van der Waals surface area (Å²) in [5.41, 5.74) is 7.28. The molecule has 0 unspecified atom stereocenters. The van der Waals surface area contributed by atoms with Gasteiger partial charge in [-0.1, -0.05) is 86.1 Å². The third kappa shape index (κ3) is 3.21. The van der Waals surface area contributed by atoms with Crippen LogP contribution in [0.2, 0.25) is 0 Å². The van der Waals surface area contributed by atoms with E-state index in [0.29, 0.717) is 5.92 Å². The summed E-state index contributed by atoms with van der Waals surface area (Å²) in [6.07, 6.45) is 0.684. The molecule has 3 aromatic carbocycles. The van der Waals surface area contributed by atoms with E-state index in [-0.39, 0.29) is 12.3 Å². The van der Waals surface area contributed by atoms with Gasteiger partial charge in [0.25, 0.3) is 0 Å². The molecule has 0 saturated carbocycles. The molecule has 0 spiro atoms. The molecule has 0 fully saturated rings. The van der Waals surface area contributed by atoms with Crippen LogP contribution in [0, 0.1) is 6.92 Å². The summed E-state index contributed by atoms with van der Waals surface area (Å²) >= 11 is 0. The topological polar surface area (TPSA) is 24.8 Å². The van der Waals surface area contributed by atoms with Gasteiger partial charge in [-0.15, -0.1) is 0 Å². The third-order valence-corrected chi connectivity index (χ3v) is 5.97. The van der Waals surface area contributed by atoms with Crippen molar-refractivity contribution in [1.82, 2.24) is 5.01 Å². The molecule has 0 aromatic heterocycles. The molecule has 2 aliphatic heterocycles. The molecule has 3 nitrogen and oxygen atoms in total. The second-order valence-corrected chi connectivity index (χ2v) is 8.34. The normalized spacial score (nSPS) is 20.1. The highest BCUT2D eigenvalue weighted by Crippen LogP contribution is 2.47. The largest absolute Gasteiger partial charge is 0.464 e. The third-order valence-electron chi connectivity index (χ3n) is 5.97. The van der Waals surface area contributed by atoms with Crippen LogP contribution in [0.1, 0.15) is 66.3 Å². The van der Waals surface area contributed by atoms with Gasteiger partial charge < -0.3 is 4.74 Å². The molecule has 3 aromatic rings. The summed E-state index contributed by atoms with van der Waals surface area (Å²) in [5, 5.41) is 7.20. The highest BCUT2D eigenvalue weighted by Gasteiger charge is 2.40. The maximum Gasteiger partial charge on any atom is 0.213 e. The summed E-state index contributed by atoms with van der Waals surface area (Å²) in [4.78, 5) is 0. The molecular weight excluding hydrogens is 356 g/mol. The van der Waals surface area contributed by atoms with Crippen LogP contribution in [0.3, 0.4) is 0 Å². The first kappa shape index (κ1) is 18.0. The van der Waals surface area contributed by atoms with Crippen molar-refractivity contribution < 1.29 is 4.74 Å². The van der Waals surface area contributed by atoms with Gasteiger partial charge in [0.05, 0.1) is 11.8 Å². The second-order valence-electron chi connectivity index (χ2n) is 8.34. The Labute approximate surface area is 172 Å². The number of aryl methyl sites for hydroxylation is 1. The average molecular weight is 383 g/mol. The van der Waals surface area contributed by atoms with Crippen LogP contribution in [0.5, 0.6) is 5.75 Å². The SMILES string of the molecule is Cc1ccc(C2=NN3[C@H](C2)c2ccccc2O[C@H]3c2ccc(C(C)C)cc2)cc1. The highest BCUT2D eigenvalue weighted by atomic mass is 16.5. The van der Waals surface area contributed by atoms with Gasteiger partial charge in [0, 0.05) is 17.5 Å². The lowest BCUT2D eigenvalue weighted by Gasteiger charge is -2.38. The van der Waals surface area contributed by atoms with Gasteiger partial charge >= 0.3 is 0 Å². The van der Waals surface area contributed by atoms with E-state index in [0.717, 1.165) is 23.4 Å². The lowest BCUT2D eigenvalue weighted by molar-refractivity contribution is -0.0190. The zero-order chi connectivity index (χ0) is 20.0. The summed E-state index contributed by atoms with van der Waals surface area (Å²) in [6.45, 7) is 6.55. The molecule has 146 valence electrons. The summed E-state index contributed by atoms with van der Waals surface area (Å²) < 4.78 is 6.45. The van der Waals surface area contributed by atoms with Crippen LogP contribution >= 0.6 is 0 Å². The molecule has 2 heterocycles. The molecular formula is C26H26N2O. The lowest BCUT2D eigenvalue weighted by Crippen LogP contribution is -2.33. The minimum atomic E-state index is -0.209. The first-order valence-electron chi connectivity index (χ1n) is 10.4. The van der Waals surface area contributed by atoms with Crippen LogP contribution in [-0.2, 0) is 0 Å². The van der Waals surface area contributed by atoms with Gasteiger partial charge in [-0.05, 0) is 30.0 Å². The van der Waals surface area contributed by atoms with Crippen molar-refractivity contribution in [3.63, 3.8) is 0 Å². The van der Waals surface area contributed by atoms with E-state index in [1.807, 2.05) is 6.07 Å². The first-order valence-corrected chi connectivity index (χ1v) is 10.4. The minimum absolute atomic E-state index is 0.200. The predicted molar refractivity (Wildman–Crippen MR) is 117 cm³/mol. The summed E-state index contributed by atoms with van der Waals surface area (Å²) in [6, 6.07) is 26.0. The monoisotopic (exact) mass is 382 g/mol. The van der Waals surface area contributed by atoms with Crippen molar-refractivity contribution in [2.45, 2.75) is 45.4 Å². The number of para-hydroxylation sites is 1. The van der Waals surface area contributed by atoms with Crippen molar-refractivity contribution in [2.75, 3.05) is 0 Å². The lowest BCUT2D eigenvalue weighted by atomic mass is 9.95. The number of benzene rings is 3. The van der Waals surface area contributed by atoms with Crippen LogP contribution < -0.4 is 4.74 Å². The fourth-order valence-corrected chi connectivity index (χ4v) is 4.22. The zero-order valence-electron chi connectivity index (χ0n) is 17.2. The van der Waals surface area contributed by atoms with Gasteiger partial charge in [0.2, 0.25) is 6.23 Å². The quantitative estimate of drug-likeness (QED) is 0.526. The summed E-state index contributed by atoms with van der Waals surface area (Å²) in [5.74, 6) is 1.48. The minimum Gasteiger partial charge on any atom is -0.464 e. The molecule has 0 amide bonds. The highest BCUT2D eigenvalue weighted by molar-refractivity contribution is 6.02. The van der Waals surface area contributed by atoms with E-state index in [1.165, 1.54) is 22.3 Å². The van der Waals surface area contributed by atoms with E-state index in [4.69, 9.17) is 9.84 Å². The molecule has 0 N–H and O–H groups in total. The summed E-state index contributed by atoms with van der Waals surface area (Å²) in [7, 11) is 0. The molecule has 2 atom stereocenters. The van der Waals surface area contributed by atoms with Crippen LogP contribution in [-0.4, -0.2) is 10.7 Å². The Balaban J connectivity index is 1.55. The Morgan fingerprint density at radius 2 is 1.66 bits per heavy atom. The molecule has 0 radical (unpaired) electrons. The number of nitrogens with zero attached hydrogens (tertiary/aromatic N) is 2. The Hall–Kier alpha value is -3.07. The fraction of sp³-hybridized carbons (Fsp3) is 0.269. The predicted octanol–water partition coefficient (Wildman–Crippen LogP) is 6.36. The number of ether oxygens (including phenoxy) is 1. The van der Waals surface area contributed by atoms with Crippen LogP contribution in [0.4, 0.5) is 0 Å². The van der Waals surface area contributed by atoms with Crippen LogP contribution in [0.25, 0.3) is 0 Å². The van der Waals surface area contributed by atoms with Gasteiger partial charge in [-0.3, -0.25) is 0 Å². The van der Waals surface area contributed by atoms with E-state index in [1.54, 1.807) is 0 Å². The van der Waals surface area contributed by atoms with E-state index in [2.05, 4.69) is 92.5 Å². The number of hydrogen-bond donors (Lipinski definition) is 0. The standard InChI is InChI=1S/C26H26N2O/c1-17(2)19-12-14-21(15-13-19)26-28-24(22-6-4-5-7-25(22)29-26)16-23(27-28)20-10-8-18(3)9-11-20/h4-15,17,24,26H,16H2,1-3H3/t24-,26+/m1/s1. The van der Waals surface area contributed by atoms with E-state index >= 15 is 0 Å². The number of rotatable bonds is 3. The molecule has 3 heteroatoms. The number of fused-ring (bicyclic) bond motifs is 3. The van der Waals surface area contributed by atoms with Gasteiger partial charge in [-0.25, -0.2) is 5.01 Å². The smallest absolute Gasteiger partial charge is 0.213 e.